The van der Waals surface area contributed by atoms with Gasteiger partial charge in [-0.15, -0.1) is 0 Å². The summed E-state index contributed by atoms with van der Waals surface area (Å²) in [5.74, 6) is 0. The van der Waals surface area contributed by atoms with Crippen LogP contribution in [0.15, 0.2) is 23.5 Å². The highest BCUT2D eigenvalue weighted by Gasteiger charge is 2.21. The highest BCUT2D eigenvalue weighted by atomic mass is 16.2. The largest absolute Gasteiger partial charge is 0.377 e. The molecule has 2 amide bonds. The van der Waals surface area contributed by atoms with E-state index in [1.165, 1.54) is 5.70 Å². The number of hydrazine groups is 1. The fourth-order valence-corrected chi connectivity index (χ4v) is 1.83. The Morgan fingerprint density at radius 2 is 2.00 bits per heavy atom. The minimum Gasteiger partial charge on any atom is -0.377 e. The Morgan fingerprint density at radius 3 is 2.50 bits per heavy atom. The quantitative estimate of drug-likeness (QED) is 0.688. The zero-order chi connectivity index (χ0) is 15.1. The molecule has 0 aliphatic carbocycles. The molecule has 0 aromatic carbocycles. The van der Waals surface area contributed by atoms with Crippen molar-refractivity contribution in [1.82, 2.24) is 25.6 Å². The van der Waals surface area contributed by atoms with Gasteiger partial charge in [0.05, 0.1) is 6.67 Å². The molecular weight excluding hydrogens is 254 g/mol. The highest BCUT2D eigenvalue weighted by Crippen LogP contribution is 2.12. The first kappa shape index (κ1) is 16.5. The summed E-state index contributed by atoms with van der Waals surface area (Å²) in [5.41, 5.74) is 7.61. The van der Waals surface area contributed by atoms with Crippen molar-refractivity contribution in [3.8, 4) is 0 Å². The van der Waals surface area contributed by atoms with Crippen molar-refractivity contribution in [2.45, 2.75) is 20.3 Å². The second-order valence-corrected chi connectivity index (χ2v) is 5.24. The van der Waals surface area contributed by atoms with E-state index in [1.54, 1.807) is 4.90 Å². The monoisotopic (exact) mass is 281 g/mol. The van der Waals surface area contributed by atoms with Gasteiger partial charge in [-0.2, -0.15) is 0 Å². The molecule has 0 aromatic heterocycles. The van der Waals surface area contributed by atoms with Crippen LogP contribution >= 0.6 is 0 Å². The summed E-state index contributed by atoms with van der Waals surface area (Å²) in [4.78, 5) is 17.7. The molecule has 0 radical (unpaired) electrons. The number of likely N-dealkylation sites (N-methyl/N-ethyl adjacent to an activating group) is 2. The van der Waals surface area contributed by atoms with Gasteiger partial charge in [-0.25, -0.2) is 10.2 Å². The van der Waals surface area contributed by atoms with Crippen molar-refractivity contribution >= 4 is 6.03 Å². The van der Waals surface area contributed by atoms with Crippen LogP contribution in [-0.2, 0) is 0 Å². The second kappa shape index (κ2) is 7.91. The number of carbonyl (C=O) groups is 1. The Morgan fingerprint density at radius 1 is 1.30 bits per heavy atom. The van der Waals surface area contributed by atoms with Gasteiger partial charge in [0.25, 0.3) is 0 Å². The molecule has 20 heavy (non-hydrogen) atoms. The molecule has 114 valence electrons. The molecule has 0 saturated carbocycles. The zero-order valence-electron chi connectivity index (χ0n) is 13.2. The van der Waals surface area contributed by atoms with Gasteiger partial charge in [-0.1, -0.05) is 6.92 Å². The maximum Gasteiger partial charge on any atom is 0.337 e. The Labute approximate surface area is 122 Å². The van der Waals surface area contributed by atoms with Gasteiger partial charge in [0.1, 0.15) is 0 Å². The third kappa shape index (κ3) is 4.86. The maximum atomic E-state index is 11.6. The fraction of sp³-hybridized carbons (Fsp3) is 0.643. The fourth-order valence-electron chi connectivity index (χ4n) is 1.83. The summed E-state index contributed by atoms with van der Waals surface area (Å²) in [6.45, 7) is 6.65. The second-order valence-electron chi connectivity index (χ2n) is 5.24. The molecule has 0 aromatic rings. The number of carbonyl (C=O) groups excluding carboxylic acids is 1. The normalized spacial score (nSPS) is 16.9. The van der Waals surface area contributed by atoms with Crippen molar-refractivity contribution in [3.05, 3.63) is 23.5 Å². The van der Waals surface area contributed by atoms with E-state index in [2.05, 4.69) is 61.7 Å². The molecule has 6 nitrogen and oxygen atoms in total. The number of rotatable bonds is 7. The van der Waals surface area contributed by atoms with Gasteiger partial charge < -0.3 is 9.80 Å². The van der Waals surface area contributed by atoms with E-state index < -0.39 is 0 Å². The van der Waals surface area contributed by atoms with Crippen LogP contribution in [0.5, 0.6) is 0 Å². The van der Waals surface area contributed by atoms with Crippen molar-refractivity contribution in [3.63, 3.8) is 0 Å². The summed E-state index contributed by atoms with van der Waals surface area (Å²) in [6.07, 6.45) is 4.91. The molecule has 2 N–H and O–H groups in total. The molecule has 6 heteroatoms. The topological polar surface area (TPSA) is 50.9 Å². The highest BCUT2D eigenvalue weighted by molar-refractivity contribution is 5.77. The summed E-state index contributed by atoms with van der Waals surface area (Å²) in [5, 5.41) is 0. The number of nitrogens with one attached hydrogen (secondary N) is 2. The van der Waals surface area contributed by atoms with Crippen molar-refractivity contribution < 1.29 is 4.79 Å². The number of urea groups is 1. The van der Waals surface area contributed by atoms with E-state index in [0.717, 1.165) is 25.2 Å². The SMILES string of the molecule is CCC(=CC=C(C)N(C)CCN(C)C)N1CNNC1=O. The van der Waals surface area contributed by atoms with Crippen molar-refractivity contribution in [2.75, 3.05) is 40.9 Å². The standard InChI is InChI=1S/C14H27N5O/c1-6-13(19-11-15-16-14(19)20)8-7-12(2)18(5)10-9-17(3)4/h7-8,15H,6,9-11H2,1-5H3,(H,16,20). The lowest BCUT2D eigenvalue weighted by Crippen LogP contribution is -2.28. The van der Waals surface area contributed by atoms with Gasteiger partial charge in [-0.3, -0.25) is 10.3 Å². The van der Waals surface area contributed by atoms with E-state index in [4.69, 9.17) is 0 Å². The molecule has 1 saturated heterocycles. The lowest BCUT2D eigenvalue weighted by Gasteiger charge is -2.22. The van der Waals surface area contributed by atoms with Crippen LogP contribution < -0.4 is 10.9 Å². The first-order valence-electron chi connectivity index (χ1n) is 6.99. The van der Waals surface area contributed by atoms with Gasteiger partial charge in [-0.05, 0) is 39.6 Å². The van der Waals surface area contributed by atoms with E-state index in [1.807, 2.05) is 6.08 Å². The lowest BCUT2D eigenvalue weighted by atomic mass is 10.2. The van der Waals surface area contributed by atoms with Crippen LogP contribution in [0.4, 0.5) is 4.79 Å². The maximum absolute atomic E-state index is 11.6. The summed E-state index contributed by atoms with van der Waals surface area (Å²) < 4.78 is 0. The van der Waals surface area contributed by atoms with Crippen molar-refractivity contribution in [1.29, 1.82) is 0 Å². The van der Waals surface area contributed by atoms with Gasteiger partial charge in [0, 0.05) is 31.5 Å². The smallest absolute Gasteiger partial charge is 0.337 e. The van der Waals surface area contributed by atoms with E-state index in [-0.39, 0.29) is 6.03 Å². The average Bonchev–Trinajstić information content (AvgIpc) is 2.83. The minimum absolute atomic E-state index is 0.0925. The van der Waals surface area contributed by atoms with Gasteiger partial charge in [0.2, 0.25) is 0 Å². The molecule has 0 bridgehead atoms. The molecule has 0 spiro atoms. The predicted molar refractivity (Wildman–Crippen MR) is 81.7 cm³/mol. The number of hydrogen-bond acceptors (Lipinski definition) is 4. The molecule has 1 aliphatic rings. The Hall–Kier alpha value is -1.53. The molecule has 1 rings (SSSR count). The van der Waals surface area contributed by atoms with E-state index >= 15 is 0 Å². The number of hydrogen-bond donors (Lipinski definition) is 2. The summed E-state index contributed by atoms with van der Waals surface area (Å²) >= 11 is 0. The molecule has 1 fully saturated rings. The Bertz CT molecular complexity index is 389. The van der Waals surface area contributed by atoms with Crippen LogP contribution in [0.1, 0.15) is 20.3 Å². The van der Waals surface area contributed by atoms with Crippen LogP contribution in [0, 0.1) is 0 Å². The van der Waals surface area contributed by atoms with E-state index in [9.17, 15) is 4.79 Å². The first-order valence-corrected chi connectivity index (χ1v) is 6.99. The van der Waals surface area contributed by atoms with Crippen molar-refractivity contribution in [2.24, 2.45) is 0 Å². The third-order valence-electron chi connectivity index (χ3n) is 3.39. The Kier molecular flexibility index (Phi) is 6.54. The third-order valence-corrected chi connectivity index (χ3v) is 3.39. The number of nitrogens with zero attached hydrogens (tertiary/aromatic N) is 3. The lowest BCUT2D eigenvalue weighted by molar-refractivity contribution is 0.226. The van der Waals surface area contributed by atoms with Crippen LogP contribution in [0.25, 0.3) is 0 Å². The summed E-state index contributed by atoms with van der Waals surface area (Å²) in [7, 11) is 6.22. The molecular formula is C14H27N5O. The molecule has 0 atom stereocenters. The van der Waals surface area contributed by atoms with Crippen LogP contribution in [-0.4, -0.2) is 61.6 Å². The molecule has 1 heterocycles. The Balaban J connectivity index is 2.65. The number of amides is 2. The van der Waals surface area contributed by atoms with Crippen LogP contribution in [0.2, 0.25) is 0 Å². The van der Waals surface area contributed by atoms with Gasteiger partial charge >= 0.3 is 6.03 Å². The minimum atomic E-state index is -0.0925. The average molecular weight is 281 g/mol. The molecule has 1 aliphatic heterocycles. The number of allylic oxidation sites excluding steroid dienone is 4. The molecule has 0 unspecified atom stereocenters. The first-order chi connectivity index (χ1) is 9.45. The van der Waals surface area contributed by atoms with Gasteiger partial charge in [0.15, 0.2) is 0 Å². The van der Waals surface area contributed by atoms with E-state index in [0.29, 0.717) is 6.67 Å². The summed E-state index contributed by atoms with van der Waals surface area (Å²) in [6, 6.07) is -0.0925. The van der Waals surface area contributed by atoms with Crippen LogP contribution in [0.3, 0.4) is 0 Å². The zero-order valence-corrected chi connectivity index (χ0v) is 13.2. The predicted octanol–water partition coefficient (Wildman–Crippen LogP) is 1.16.